The van der Waals surface area contributed by atoms with Crippen LogP contribution < -0.4 is 5.32 Å². The molecule has 102 valence electrons. The summed E-state index contributed by atoms with van der Waals surface area (Å²) in [6.07, 6.45) is 7.04. The number of nitrogens with zero attached hydrogens (tertiary/aromatic N) is 1. The lowest BCUT2D eigenvalue weighted by atomic mass is 9.90. The van der Waals surface area contributed by atoms with Gasteiger partial charge in [0.1, 0.15) is 0 Å². The molecule has 2 fully saturated rings. The molecule has 0 radical (unpaired) electrons. The van der Waals surface area contributed by atoms with E-state index < -0.39 is 0 Å². The Morgan fingerprint density at radius 2 is 1.83 bits per heavy atom. The van der Waals surface area contributed by atoms with Crippen LogP contribution in [0.2, 0.25) is 0 Å². The van der Waals surface area contributed by atoms with Crippen LogP contribution >= 0.6 is 11.8 Å². The van der Waals surface area contributed by atoms with Gasteiger partial charge in [-0.05, 0) is 49.4 Å². The first kappa shape index (κ1) is 12.8. The van der Waals surface area contributed by atoms with Gasteiger partial charge in [0, 0.05) is 11.3 Å². The van der Waals surface area contributed by atoms with Gasteiger partial charge in [-0.1, -0.05) is 32.5 Å². The van der Waals surface area contributed by atoms with Crippen molar-refractivity contribution >= 4 is 16.9 Å². The van der Waals surface area contributed by atoms with Crippen LogP contribution in [0.5, 0.6) is 0 Å². The molecule has 0 aromatic carbocycles. The fourth-order valence-corrected chi connectivity index (χ4v) is 4.36. The van der Waals surface area contributed by atoms with Gasteiger partial charge >= 0.3 is 0 Å². The summed E-state index contributed by atoms with van der Waals surface area (Å²) >= 11 is 2.00. The van der Waals surface area contributed by atoms with E-state index in [2.05, 4.69) is 26.1 Å². The van der Waals surface area contributed by atoms with Crippen LogP contribution in [0, 0.1) is 17.3 Å². The quantitative estimate of drug-likeness (QED) is 0.839. The van der Waals surface area contributed by atoms with Gasteiger partial charge in [-0.2, -0.15) is 0 Å². The highest BCUT2D eigenvalue weighted by atomic mass is 32.2. The molecule has 2 saturated carbocycles. The molecular formula is C15H26N2S. The van der Waals surface area contributed by atoms with Crippen LogP contribution in [0.4, 0.5) is 0 Å². The largest absolute Gasteiger partial charge is 0.362 e. The predicted octanol–water partition coefficient (Wildman–Crippen LogP) is 3.67. The van der Waals surface area contributed by atoms with Crippen molar-refractivity contribution in [2.45, 2.75) is 64.2 Å². The fraction of sp³-hybridized carbons (Fsp3) is 0.933. The lowest BCUT2D eigenvalue weighted by Gasteiger charge is -2.22. The Labute approximate surface area is 115 Å². The zero-order valence-corrected chi connectivity index (χ0v) is 12.7. The van der Waals surface area contributed by atoms with Gasteiger partial charge in [0.05, 0.1) is 6.54 Å². The minimum Gasteiger partial charge on any atom is -0.362 e. The summed E-state index contributed by atoms with van der Waals surface area (Å²) < 4.78 is 0. The second-order valence-corrected chi connectivity index (χ2v) is 8.78. The molecule has 3 heteroatoms. The molecule has 0 aromatic rings. The van der Waals surface area contributed by atoms with Gasteiger partial charge in [-0.3, -0.25) is 4.99 Å². The van der Waals surface area contributed by atoms with E-state index in [1.165, 1.54) is 37.3 Å². The lowest BCUT2D eigenvalue weighted by Crippen LogP contribution is -2.36. The normalized spacial score (nSPS) is 28.7. The molecule has 1 atom stereocenters. The molecule has 0 bridgehead atoms. The van der Waals surface area contributed by atoms with E-state index in [0.29, 0.717) is 10.7 Å². The highest BCUT2D eigenvalue weighted by Gasteiger charge is 2.42. The van der Waals surface area contributed by atoms with Crippen LogP contribution in [0.1, 0.15) is 52.9 Å². The summed E-state index contributed by atoms with van der Waals surface area (Å²) in [7, 11) is 0. The summed E-state index contributed by atoms with van der Waals surface area (Å²) in [5.41, 5.74) is 0.426. The Kier molecular flexibility index (Phi) is 3.38. The third-order valence-corrected chi connectivity index (χ3v) is 5.23. The third kappa shape index (κ3) is 3.43. The van der Waals surface area contributed by atoms with E-state index >= 15 is 0 Å². The number of nitrogens with one attached hydrogen (secondary N) is 1. The van der Waals surface area contributed by atoms with Crippen LogP contribution in [0.25, 0.3) is 0 Å². The number of hydrogen-bond donors (Lipinski definition) is 1. The third-order valence-electron chi connectivity index (χ3n) is 4.11. The highest BCUT2D eigenvalue weighted by molar-refractivity contribution is 8.14. The molecule has 3 aliphatic rings. The zero-order valence-electron chi connectivity index (χ0n) is 11.9. The summed E-state index contributed by atoms with van der Waals surface area (Å²) in [5.74, 6) is 1.92. The molecule has 0 amide bonds. The molecule has 0 aromatic heterocycles. The molecule has 2 nitrogen and oxygen atoms in total. The van der Waals surface area contributed by atoms with Gasteiger partial charge in [0.25, 0.3) is 0 Å². The summed E-state index contributed by atoms with van der Waals surface area (Å²) in [5, 5.41) is 5.71. The van der Waals surface area contributed by atoms with Crippen LogP contribution in [-0.2, 0) is 0 Å². The second kappa shape index (κ2) is 4.73. The minimum absolute atomic E-state index is 0.426. The minimum atomic E-state index is 0.426. The zero-order chi connectivity index (χ0) is 12.8. The van der Waals surface area contributed by atoms with Crippen molar-refractivity contribution in [1.29, 1.82) is 0 Å². The van der Waals surface area contributed by atoms with Crippen molar-refractivity contribution in [3.05, 3.63) is 0 Å². The molecule has 1 unspecified atom stereocenters. The monoisotopic (exact) mass is 266 g/mol. The summed E-state index contributed by atoms with van der Waals surface area (Å²) in [4.78, 5) is 4.73. The van der Waals surface area contributed by atoms with E-state index in [1.807, 2.05) is 11.8 Å². The first-order valence-electron chi connectivity index (χ1n) is 7.49. The Hall–Kier alpha value is -0.180. The molecule has 3 rings (SSSR count). The lowest BCUT2D eigenvalue weighted by molar-refractivity contribution is 0.375. The van der Waals surface area contributed by atoms with Crippen molar-refractivity contribution in [2.75, 3.05) is 6.54 Å². The number of thioether (sulfide) groups is 1. The average Bonchev–Trinajstić information content (AvgIpc) is 3.14. The van der Waals surface area contributed by atoms with E-state index in [4.69, 9.17) is 4.99 Å². The van der Waals surface area contributed by atoms with Crippen molar-refractivity contribution < 1.29 is 0 Å². The Morgan fingerprint density at radius 3 is 2.33 bits per heavy atom. The Bertz CT molecular complexity index is 325. The maximum absolute atomic E-state index is 4.73. The van der Waals surface area contributed by atoms with Crippen molar-refractivity contribution in [1.82, 2.24) is 5.32 Å². The van der Waals surface area contributed by atoms with Gasteiger partial charge in [0.15, 0.2) is 5.17 Å². The maximum Gasteiger partial charge on any atom is 0.157 e. The fourth-order valence-electron chi connectivity index (χ4n) is 2.96. The molecule has 1 aliphatic heterocycles. The number of rotatable bonds is 4. The smallest absolute Gasteiger partial charge is 0.157 e. The first-order valence-corrected chi connectivity index (χ1v) is 8.37. The summed E-state index contributed by atoms with van der Waals surface area (Å²) in [6.45, 7) is 8.01. The summed E-state index contributed by atoms with van der Waals surface area (Å²) in [6, 6.07) is 0.754. The van der Waals surface area contributed by atoms with Crippen LogP contribution in [0.3, 0.4) is 0 Å². The average molecular weight is 266 g/mol. The molecule has 1 N–H and O–H groups in total. The SMILES string of the molecule is CC(C)(C)CC1CN=C(NC(C2CC2)C2CC2)S1. The van der Waals surface area contributed by atoms with Crippen molar-refractivity contribution in [2.24, 2.45) is 22.2 Å². The Morgan fingerprint density at radius 1 is 1.22 bits per heavy atom. The molecule has 0 spiro atoms. The van der Waals surface area contributed by atoms with E-state index in [1.54, 1.807) is 0 Å². The van der Waals surface area contributed by atoms with E-state index in [-0.39, 0.29) is 0 Å². The standard InChI is InChI=1S/C15H26N2S/c1-15(2,3)8-12-9-16-14(18-12)17-13(10-4-5-10)11-6-7-11/h10-13H,4-9H2,1-3H3,(H,16,17). The molecule has 18 heavy (non-hydrogen) atoms. The van der Waals surface area contributed by atoms with Crippen molar-refractivity contribution in [3.8, 4) is 0 Å². The molecule has 2 aliphatic carbocycles. The van der Waals surface area contributed by atoms with Crippen molar-refractivity contribution in [3.63, 3.8) is 0 Å². The number of hydrogen-bond acceptors (Lipinski definition) is 3. The van der Waals surface area contributed by atoms with Crippen LogP contribution in [-0.4, -0.2) is 23.0 Å². The maximum atomic E-state index is 4.73. The van der Waals surface area contributed by atoms with E-state index in [0.717, 1.165) is 24.4 Å². The predicted molar refractivity (Wildman–Crippen MR) is 80.1 cm³/mol. The molecule has 0 saturated heterocycles. The highest BCUT2D eigenvalue weighted by Crippen LogP contribution is 2.45. The Balaban J connectivity index is 1.49. The van der Waals surface area contributed by atoms with E-state index in [9.17, 15) is 0 Å². The van der Waals surface area contributed by atoms with Gasteiger partial charge < -0.3 is 5.32 Å². The number of amidine groups is 1. The topological polar surface area (TPSA) is 24.4 Å². The van der Waals surface area contributed by atoms with Gasteiger partial charge in [-0.25, -0.2) is 0 Å². The molecular weight excluding hydrogens is 240 g/mol. The first-order chi connectivity index (χ1) is 8.51. The number of aliphatic imine (C=N–C) groups is 1. The second-order valence-electron chi connectivity index (χ2n) is 7.50. The molecule has 1 heterocycles. The van der Waals surface area contributed by atoms with Gasteiger partial charge in [-0.15, -0.1) is 0 Å². The van der Waals surface area contributed by atoms with Gasteiger partial charge in [0.2, 0.25) is 0 Å². The van der Waals surface area contributed by atoms with Crippen LogP contribution in [0.15, 0.2) is 4.99 Å².